The van der Waals surface area contributed by atoms with Gasteiger partial charge in [0.2, 0.25) is 0 Å². The van der Waals surface area contributed by atoms with Crippen molar-refractivity contribution in [3.63, 3.8) is 0 Å². The van der Waals surface area contributed by atoms with Crippen molar-refractivity contribution in [2.45, 2.75) is 33.2 Å². The summed E-state index contributed by atoms with van der Waals surface area (Å²) in [5.41, 5.74) is 1.58. The number of aromatic nitrogens is 2. The zero-order chi connectivity index (χ0) is 10.8. The Morgan fingerprint density at radius 2 is 2.14 bits per heavy atom. The summed E-state index contributed by atoms with van der Waals surface area (Å²) >= 11 is 0. The zero-order valence-corrected chi connectivity index (χ0v) is 9.83. The van der Waals surface area contributed by atoms with Crippen LogP contribution in [-0.4, -0.2) is 16.8 Å². The van der Waals surface area contributed by atoms with Gasteiger partial charge in [-0.2, -0.15) is 5.10 Å². The van der Waals surface area contributed by atoms with Gasteiger partial charge in [-0.1, -0.05) is 20.8 Å². The normalized spacial score (nSPS) is 14.4. The van der Waals surface area contributed by atoms with Gasteiger partial charge in [-0.25, -0.2) is 0 Å². The monoisotopic (exact) mass is 195 g/mol. The molecule has 1 atom stereocenters. The van der Waals surface area contributed by atoms with Crippen LogP contribution in [0, 0.1) is 5.41 Å². The van der Waals surface area contributed by atoms with Crippen LogP contribution >= 0.6 is 0 Å². The van der Waals surface area contributed by atoms with Crippen molar-refractivity contribution in [2.24, 2.45) is 12.5 Å². The molecule has 0 aliphatic rings. The SMILES string of the molecule is CNC(CC(C)(C)C)c1ccnn1C. The quantitative estimate of drug-likeness (QED) is 0.800. The summed E-state index contributed by atoms with van der Waals surface area (Å²) in [5, 5.41) is 7.53. The van der Waals surface area contributed by atoms with Crippen molar-refractivity contribution < 1.29 is 0 Å². The molecule has 1 unspecified atom stereocenters. The number of rotatable bonds is 3. The fourth-order valence-corrected chi connectivity index (χ4v) is 1.69. The molecule has 0 aliphatic heterocycles. The molecule has 3 heteroatoms. The van der Waals surface area contributed by atoms with Crippen LogP contribution in [0.5, 0.6) is 0 Å². The average molecular weight is 195 g/mol. The summed E-state index contributed by atoms with van der Waals surface area (Å²) in [6, 6.07) is 2.47. The van der Waals surface area contributed by atoms with Crippen molar-refractivity contribution >= 4 is 0 Å². The van der Waals surface area contributed by atoms with E-state index in [0.29, 0.717) is 11.5 Å². The third-order valence-corrected chi connectivity index (χ3v) is 2.38. The minimum Gasteiger partial charge on any atom is -0.312 e. The molecule has 14 heavy (non-hydrogen) atoms. The van der Waals surface area contributed by atoms with Crippen molar-refractivity contribution in [3.8, 4) is 0 Å². The lowest BCUT2D eigenvalue weighted by Gasteiger charge is -2.25. The Bertz CT molecular complexity index is 283. The standard InChI is InChI=1S/C11H21N3/c1-11(2,3)8-9(12-4)10-6-7-13-14(10)5/h6-7,9,12H,8H2,1-5H3. The van der Waals surface area contributed by atoms with E-state index in [4.69, 9.17) is 0 Å². The van der Waals surface area contributed by atoms with Gasteiger partial charge in [-0.15, -0.1) is 0 Å². The highest BCUT2D eigenvalue weighted by Crippen LogP contribution is 2.28. The minimum absolute atomic E-state index is 0.331. The van der Waals surface area contributed by atoms with E-state index in [9.17, 15) is 0 Å². The Kier molecular flexibility index (Phi) is 3.32. The maximum Gasteiger partial charge on any atom is 0.0550 e. The van der Waals surface area contributed by atoms with E-state index < -0.39 is 0 Å². The predicted octanol–water partition coefficient (Wildman–Crippen LogP) is 2.12. The Morgan fingerprint density at radius 1 is 1.50 bits per heavy atom. The molecule has 1 aromatic rings. The van der Waals surface area contributed by atoms with E-state index in [1.165, 1.54) is 5.69 Å². The third-order valence-electron chi connectivity index (χ3n) is 2.38. The molecular formula is C11H21N3. The van der Waals surface area contributed by atoms with Crippen LogP contribution in [0.4, 0.5) is 0 Å². The summed E-state index contributed by atoms with van der Waals surface area (Å²) < 4.78 is 1.94. The van der Waals surface area contributed by atoms with Crippen LogP contribution in [0.3, 0.4) is 0 Å². The molecule has 0 bridgehead atoms. The fraction of sp³-hybridized carbons (Fsp3) is 0.727. The van der Waals surface area contributed by atoms with Crippen LogP contribution in [0.15, 0.2) is 12.3 Å². The molecular weight excluding hydrogens is 174 g/mol. The van der Waals surface area contributed by atoms with Gasteiger partial charge >= 0.3 is 0 Å². The second kappa shape index (κ2) is 4.13. The molecule has 80 valence electrons. The van der Waals surface area contributed by atoms with Gasteiger partial charge in [0.15, 0.2) is 0 Å². The lowest BCUT2D eigenvalue weighted by Crippen LogP contribution is -2.24. The van der Waals surface area contributed by atoms with Crippen molar-refractivity contribution in [2.75, 3.05) is 7.05 Å². The van der Waals surface area contributed by atoms with Crippen LogP contribution in [-0.2, 0) is 7.05 Å². The predicted molar refractivity (Wildman–Crippen MR) is 59.1 cm³/mol. The van der Waals surface area contributed by atoms with Gasteiger partial charge in [0.1, 0.15) is 0 Å². The number of aryl methyl sites for hydroxylation is 1. The third kappa shape index (κ3) is 2.84. The average Bonchev–Trinajstić information content (AvgIpc) is 2.45. The lowest BCUT2D eigenvalue weighted by molar-refractivity contribution is 0.313. The minimum atomic E-state index is 0.331. The smallest absolute Gasteiger partial charge is 0.0550 e. The van der Waals surface area contributed by atoms with E-state index in [1.807, 2.05) is 25.0 Å². The molecule has 0 aromatic carbocycles. The van der Waals surface area contributed by atoms with Gasteiger partial charge in [-0.3, -0.25) is 4.68 Å². The molecule has 0 saturated carbocycles. The number of hydrogen-bond donors (Lipinski definition) is 1. The van der Waals surface area contributed by atoms with E-state index in [0.717, 1.165) is 6.42 Å². The van der Waals surface area contributed by atoms with E-state index in [-0.39, 0.29) is 0 Å². The van der Waals surface area contributed by atoms with Crippen molar-refractivity contribution in [3.05, 3.63) is 18.0 Å². The molecule has 1 aromatic heterocycles. The van der Waals surface area contributed by atoms with Crippen LogP contribution < -0.4 is 5.32 Å². The molecule has 0 fully saturated rings. The molecule has 0 amide bonds. The first kappa shape index (κ1) is 11.2. The lowest BCUT2D eigenvalue weighted by atomic mass is 9.87. The van der Waals surface area contributed by atoms with E-state index in [2.05, 4.69) is 37.3 Å². The summed E-state index contributed by atoms with van der Waals surface area (Å²) in [7, 11) is 3.99. The highest BCUT2D eigenvalue weighted by molar-refractivity contribution is 5.07. The fourth-order valence-electron chi connectivity index (χ4n) is 1.69. The topological polar surface area (TPSA) is 29.9 Å². The first-order valence-corrected chi connectivity index (χ1v) is 5.09. The summed E-state index contributed by atoms with van der Waals surface area (Å²) in [4.78, 5) is 0. The molecule has 1 heterocycles. The van der Waals surface area contributed by atoms with Gasteiger partial charge in [0, 0.05) is 19.3 Å². The van der Waals surface area contributed by atoms with Gasteiger partial charge in [0.05, 0.1) is 5.69 Å². The Balaban J connectivity index is 2.78. The van der Waals surface area contributed by atoms with Gasteiger partial charge in [0.25, 0.3) is 0 Å². The maximum atomic E-state index is 4.19. The summed E-state index contributed by atoms with van der Waals surface area (Å²) in [6.07, 6.45) is 2.96. The highest BCUT2D eigenvalue weighted by Gasteiger charge is 2.20. The maximum absolute atomic E-state index is 4.19. The molecule has 0 saturated heterocycles. The summed E-state index contributed by atoms with van der Waals surface area (Å²) in [5.74, 6) is 0. The first-order chi connectivity index (χ1) is 6.44. The second-order valence-corrected chi connectivity index (χ2v) is 4.99. The van der Waals surface area contributed by atoms with E-state index in [1.54, 1.807) is 0 Å². The summed E-state index contributed by atoms with van der Waals surface area (Å²) in [6.45, 7) is 6.77. The van der Waals surface area contributed by atoms with Crippen molar-refractivity contribution in [1.82, 2.24) is 15.1 Å². The number of hydrogen-bond acceptors (Lipinski definition) is 2. The molecule has 0 spiro atoms. The largest absolute Gasteiger partial charge is 0.312 e. The van der Waals surface area contributed by atoms with Gasteiger partial charge in [-0.05, 0) is 24.9 Å². The number of nitrogens with one attached hydrogen (secondary N) is 1. The Labute approximate surface area is 86.5 Å². The Hall–Kier alpha value is -0.830. The molecule has 1 rings (SSSR count). The zero-order valence-electron chi connectivity index (χ0n) is 9.83. The number of nitrogens with zero attached hydrogens (tertiary/aromatic N) is 2. The highest BCUT2D eigenvalue weighted by atomic mass is 15.3. The van der Waals surface area contributed by atoms with E-state index >= 15 is 0 Å². The Morgan fingerprint density at radius 3 is 2.50 bits per heavy atom. The van der Waals surface area contributed by atoms with Gasteiger partial charge < -0.3 is 5.32 Å². The first-order valence-electron chi connectivity index (χ1n) is 5.09. The molecule has 0 aliphatic carbocycles. The molecule has 1 N–H and O–H groups in total. The second-order valence-electron chi connectivity index (χ2n) is 4.99. The van der Waals surface area contributed by atoms with Crippen LogP contribution in [0.25, 0.3) is 0 Å². The molecule has 3 nitrogen and oxygen atoms in total. The van der Waals surface area contributed by atoms with Crippen molar-refractivity contribution in [1.29, 1.82) is 0 Å². The van der Waals surface area contributed by atoms with Crippen LogP contribution in [0.1, 0.15) is 38.9 Å². The van der Waals surface area contributed by atoms with Crippen LogP contribution in [0.2, 0.25) is 0 Å². The molecule has 0 radical (unpaired) electrons.